The van der Waals surface area contributed by atoms with Gasteiger partial charge in [-0.15, -0.1) is 0 Å². The maximum absolute atomic E-state index is 12.8. The number of carbonyl (C=O) groups excluding carboxylic acids is 1. The number of benzene rings is 3. The maximum Gasteiger partial charge on any atom is 0.255 e. The second kappa shape index (κ2) is 9.09. The first-order valence-electron chi connectivity index (χ1n) is 16.2. The zero-order valence-electron chi connectivity index (χ0n) is 25.1. The summed E-state index contributed by atoms with van der Waals surface area (Å²) in [6.07, 6.45) is 8.19. The third kappa shape index (κ3) is 3.34. The molecule has 3 aromatic rings. The van der Waals surface area contributed by atoms with Gasteiger partial charge in [0.2, 0.25) is 0 Å². The summed E-state index contributed by atoms with van der Waals surface area (Å²) in [6.45, 7) is 2.38. The van der Waals surface area contributed by atoms with Crippen LogP contribution in [0, 0.1) is 11.3 Å². The zero-order chi connectivity index (χ0) is 29.0. The van der Waals surface area contributed by atoms with Gasteiger partial charge in [-0.05, 0) is 98.9 Å². The predicted molar refractivity (Wildman–Crippen MR) is 165 cm³/mol. The van der Waals surface area contributed by atoms with E-state index in [0.29, 0.717) is 11.6 Å². The predicted octanol–water partition coefficient (Wildman–Crippen LogP) is 6.34. The molecule has 5 fully saturated rings. The van der Waals surface area contributed by atoms with Gasteiger partial charge in [-0.3, -0.25) is 9.69 Å². The standard InChI is InChI=1S/C37H40N2O4/c1-41-29-15-12-26-20-30-35-16-17-37(42-2,34-36(35,31(26)32(29)43-34)18-19-39(30)22-23-8-9-23)28(21-35)24-10-13-27(14-11-24)38-33(40)25-6-4-3-5-7-25/h3-7,10-15,23,28,30,34H,8-9,16-22H2,1-2H3,(H,38,40)/t28-,30-,34-,35-,36+,37-/m1/s1. The molecule has 3 aromatic carbocycles. The SMILES string of the molecule is COc1ccc2c3c1O[C@H]1[C@@]4(OC)CC[C@@]5(C[C@@H]4c4ccc(NC(=O)c6ccccc6)cc4)[C@@H](C2)N(CC2CC2)CC[C@]315. The molecule has 4 bridgehead atoms. The number of methoxy groups -OCH3 is 2. The minimum absolute atomic E-state index is 0.0501. The van der Waals surface area contributed by atoms with Gasteiger partial charge in [0.05, 0.1) is 7.11 Å². The van der Waals surface area contributed by atoms with E-state index in [-0.39, 0.29) is 28.8 Å². The molecule has 0 aromatic heterocycles. The van der Waals surface area contributed by atoms with E-state index in [4.69, 9.17) is 14.2 Å². The van der Waals surface area contributed by atoms with E-state index in [9.17, 15) is 4.79 Å². The molecule has 7 aliphatic rings. The third-order valence-corrected chi connectivity index (χ3v) is 12.5. The summed E-state index contributed by atoms with van der Waals surface area (Å²) in [6, 6.07) is 22.9. The number of hydrogen-bond donors (Lipinski definition) is 1. The zero-order valence-corrected chi connectivity index (χ0v) is 25.1. The summed E-state index contributed by atoms with van der Waals surface area (Å²) >= 11 is 0. The molecule has 6 nitrogen and oxygen atoms in total. The summed E-state index contributed by atoms with van der Waals surface area (Å²) in [4.78, 5) is 15.7. The van der Waals surface area contributed by atoms with Crippen LogP contribution in [0.15, 0.2) is 66.7 Å². The first-order chi connectivity index (χ1) is 21.0. The van der Waals surface area contributed by atoms with Crippen molar-refractivity contribution in [1.29, 1.82) is 0 Å². The Morgan fingerprint density at radius 1 is 1.00 bits per heavy atom. The van der Waals surface area contributed by atoms with Crippen molar-refractivity contribution in [2.75, 3.05) is 32.6 Å². The number of piperidine rings is 1. The Balaban J connectivity index is 1.13. The van der Waals surface area contributed by atoms with Crippen molar-refractivity contribution in [2.45, 2.75) is 74.0 Å². The summed E-state index contributed by atoms with van der Waals surface area (Å²) in [5, 5.41) is 3.08. The average Bonchev–Trinajstić information content (AvgIpc) is 3.79. The Morgan fingerprint density at radius 2 is 1.81 bits per heavy atom. The molecule has 4 saturated carbocycles. The van der Waals surface area contributed by atoms with Gasteiger partial charge >= 0.3 is 0 Å². The number of fused-ring (bicyclic) bond motifs is 2. The van der Waals surface area contributed by atoms with E-state index < -0.39 is 5.60 Å². The highest BCUT2D eigenvalue weighted by atomic mass is 16.6. The molecule has 222 valence electrons. The van der Waals surface area contributed by atoms with Crippen LogP contribution in [0.3, 0.4) is 0 Å². The van der Waals surface area contributed by atoms with Crippen LogP contribution in [0.2, 0.25) is 0 Å². The molecule has 10 rings (SSSR count). The van der Waals surface area contributed by atoms with Crippen LogP contribution in [0.25, 0.3) is 0 Å². The van der Waals surface area contributed by atoms with Gasteiger partial charge in [-0.1, -0.05) is 36.4 Å². The van der Waals surface area contributed by atoms with Crippen molar-refractivity contribution in [1.82, 2.24) is 4.90 Å². The Morgan fingerprint density at radius 3 is 2.56 bits per heavy atom. The maximum atomic E-state index is 12.8. The summed E-state index contributed by atoms with van der Waals surface area (Å²) in [7, 11) is 3.67. The lowest BCUT2D eigenvalue weighted by Crippen LogP contribution is -2.80. The van der Waals surface area contributed by atoms with E-state index in [2.05, 4.69) is 46.6 Å². The smallest absolute Gasteiger partial charge is 0.255 e. The van der Waals surface area contributed by atoms with E-state index in [0.717, 1.165) is 55.3 Å². The Bertz CT molecular complexity index is 1600. The van der Waals surface area contributed by atoms with Gasteiger partial charge in [0, 0.05) is 53.3 Å². The normalized spacial score (nSPS) is 34.8. The van der Waals surface area contributed by atoms with Crippen LogP contribution in [0.4, 0.5) is 5.69 Å². The molecular weight excluding hydrogens is 536 g/mol. The van der Waals surface area contributed by atoms with Crippen LogP contribution in [-0.2, 0) is 16.6 Å². The highest BCUT2D eigenvalue weighted by molar-refractivity contribution is 6.04. The molecule has 1 saturated heterocycles. The van der Waals surface area contributed by atoms with E-state index in [1.165, 1.54) is 42.5 Å². The molecule has 2 aliphatic heterocycles. The minimum Gasteiger partial charge on any atom is -0.493 e. The lowest BCUT2D eigenvalue weighted by atomic mass is 9.34. The average molecular weight is 577 g/mol. The van der Waals surface area contributed by atoms with Crippen LogP contribution >= 0.6 is 0 Å². The molecule has 0 radical (unpaired) electrons. The number of nitrogens with zero attached hydrogens (tertiary/aromatic N) is 1. The lowest BCUT2D eigenvalue weighted by molar-refractivity contribution is -0.261. The second-order valence-electron chi connectivity index (χ2n) is 14.0. The van der Waals surface area contributed by atoms with Crippen LogP contribution in [0.1, 0.15) is 71.5 Å². The number of likely N-dealkylation sites (tertiary alicyclic amines) is 1. The highest BCUT2D eigenvalue weighted by Gasteiger charge is 2.80. The number of ether oxygens (including phenoxy) is 3. The van der Waals surface area contributed by atoms with E-state index >= 15 is 0 Å². The minimum atomic E-state index is -0.432. The Kier molecular flexibility index (Phi) is 5.51. The van der Waals surface area contributed by atoms with Crippen LogP contribution in [-0.4, -0.2) is 55.9 Å². The first kappa shape index (κ1) is 26.1. The Hall–Kier alpha value is -3.35. The van der Waals surface area contributed by atoms with Gasteiger partial charge < -0.3 is 19.5 Å². The highest BCUT2D eigenvalue weighted by Crippen LogP contribution is 2.78. The molecule has 2 heterocycles. The lowest BCUT2D eigenvalue weighted by Gasteiger charge is -2.74. The number of rotatable bonds is 7. The molecule has 2 spiro atoms. The number of nitrogens with one attached hydrogen (secondary N) is 1. The molecule has 6 atom stereocenters. The summed E-state index contributed by atoms with van der Waals surface area (Å²) < 4.78 is 19.9. The molecule has 1 N–H and O–H groups in total. The number of amides is 1. The van der Waals surface area contributed by atoms with Crippen molar-refractivity contribution < 1.29 is 19.0 Å². The van der Waals surface area contributed by atoms with E-state index in [1.807, 2.05) is 37.4 Å². The quantitative estimate of drug-likeness (QED) is 0.356. The van der Waals surface area contributed by atoms with Gasteiger partial charge in [-0.25, -0.2) is 0 Å². The van der Waals surface area contributed by atoms with Crippen molar-refractivity contribution in [3.05, 3.63) is 89.0 Å². The van der Waals surface area contributed by atoms with Crippen LogP contribution < -0.4 is 14.8 Å². The van der Waals surface area contributed by atoms with Gasteiger partial charge in [-0.2, -0.15) is 0 Å². The van der Waals surface area contributed by atoms with E-state index in [1.54, 1.807) is 7.11 Å². The molecule has 1 amide bonds. The Labute approximate surface area is 253 Å². The van der Waals surface area contributed by atoms with Crippen LogP contribution in [0.5, 0.6) is 11.5 Å². The molecule has 43 heavy (non-hydrogen) atoms. The molecular formula is C37H40N2O4. The van der Waals surface area contributed by atoms with Gasteiger partial charge in [0.25, 0.3) is 5.91 Å². The third-order valence-electron chi connectivity index (χ3n) is 12.5. The fourth-order valence-corrected chi connectivity index (χ4v) is 10.5. The van der Waals surface area contributed by atoms with Crippen molar-refractivity contribution >= 4 is 11.6 Å². The number of anilines is 1. The first-order valence-corrected chi connectivity index (χ1v) is 16.2. The second-order valence-corrected chi connectivity index (χ2v) is 14.0. The summed E-state index contributed by atoms with van der Waals surface area (Å²) in [5.74, 6) is 2.82. The van der Waals surface area contributed by atoms with Crippen molar-refractivity contribution in [3.63, 3.8) is 0 Å². The largest absolute Gasteiger partial charge is 0.493 e. The fraction of sp³-hybridized carbons (Fsp3) is 0.486. The van der Waals surface area contributed by atoms with Crippen molar-refractivity contribution in [2.24, 2.45) is 11.3 Å². The topological polar surface area (TPSA) is 60.0 Å². The molecule has 5 aliphatic carbocycles. The molecule has 6 heteroatoms. The van der Waals surface area contributed by atoms with Gasteiger partial charge in [0.1, 0.15) is 11.7 Å². The van der Waals surface area contributed by atoms with Gasteiger partial charge in [0.15, 0.2) is 11.5 Å². The monoisotopic (exact) mass is 576 g/mol. The fourth-order valence-electron chi connectivity index (χ4n) is 10.5. The van der Waals surface area contributed by atoms with Crippen molar-refractivity contribution in [3.8, 4) is 11.5 Å². The molecule has 0 unspecified atom stereocenters. The number of carbonyl (C=O) groups is 1. The number of hydrogen-bond acceptors (Lipinski definition) is 5. The summed E-state index contributed by atoms with van der Waals surface area (Å²) in [5.41, 5.74) is 5.29.